The molecule has 5 heteroatoms. The zero-order chi connectivity index (χ0) is 16.2. The molecule has 0 fully saturated rings. The quantitative estimate of drug-likeness (QED) is 0.432. The molecule has 1 aromatic heterocycles. The summed E-state index contributed by atoms with van der Waals surface area (Å²) in [6, 6.07) is 1.78. The first-order valence-corrected chi connectivity index (χ1v) is 8.56. The molecule has 0 aliphatic carbocycles. The number of nitrogens with zero attached hydrogens (tertiary/aromatic N) is 2. The lowest BCUT2D eigenvalue weighted by Crippen LogP contribution is -2.14. The maximum absolute atomic E-state index is 11.6. The number of aryl methyl sites for hydroxylation is 2. The molecule has 1 aromatic rings. The van der Waals surface area contributed by atoms with Crippen molar-refractivity contribution in [2.75, 3.05) is 6.61 Å². The number of carbonyl (C=O) groups is 1. The fourth-order valence-electron chi connectivity index (χ4n) is 2.22. The smallest absolute Gasteiger partial charge is 0.434 e. The maximum Gasteiger partial charge on any atom is 0.515 e. The second-order valence-electron chi connectivity index (χ2n) is 5.67. The van der Waals surface area contributed by atoms with Gasteiger partial charge in [-0.1, -0.05) is 52.4 Å². The van der Waals surface area contributed by atoms with Gasteiger partial charge in [0.1, 0.15) is 0 Å². The van der Waals surface area contributed by atoms with Crippen LogP contribution in [0.15, 0.2) is 6.07 Å². The zero-order valence-corrected chi connectivity index (χ0v) is 14.3. The van der Waals surface area contributed by atoms with E-state index in [1.807, 2.05) is 13.8 Å². The van der Waals surface area contributed by atoms with Gasteiger partial charge in [-0.25, -0.2) is 9.48 Å². The lowest BCUT2D eigenvalue weighted by atomic mass is 10.1. The van der Waals surface area contributed by atoms with Crippen molar-refractivity contribution in [1.29, 1.82) is 0 Å². The Kier molecular flexibility index (Phi) is 9.35. The topological polar surface area (TPSA) is 53.4 Å². The minimum atomic E-state index is -0.641. The van der Waals surface area contributed by atoms with E-state index in [1.165, 1.54) is 32.1 Å². The molecular formula is C17H30N2O3. The van der Waals surface area contributed by atoms with Gasteiger partial charge in [-0.3, -0.25) is 0 Å². The average Bonchev–Trinajstić information content (AvgIpc) is 2.82. The van der Waals surface area contributed by atoms with E-state index in [2.05, 4.69) is 12.0 Å². The molecule has 0 bridgehead atoms. The number of ether oxygens (including phenoxy) is 2. The van der Waals surface area contributed by atoms with E-state index in [1.54, 1.807) is 10.7 Å². The Morgan fingerprint density at radius 3 is 2.50 bits per heavy atom. The van der Waals surface area contributed by atoms with Crippen molar-refractivity contribution in [1.82, 2.24) is 9.78 Å². The Hall–Kier alpha value is -1.52. The molecular weight excluding hydrogens is 280 g/mol. The Morgan fingerprint density at radius 2 is 1.77 bits per heavy atom. The lowest BCUT2D eigenvalue weighted by Gasteiger charge is -2.08. The first kappa shape index (κ1) is 18.5. The third-order valence-corrected chi connectivity index (χ3v) is 3.49. The van der Waals surface area contributed by atoms with Crippen LogP contribution in [0.4, 0.5) is 4.79 Å². The van der Waals surface area contributed by atoms with Gasteiger partial charge in [0.25, 0.3) is 0 Å². The number of aromatic nitrogens is 2. The van der Waals surface area contributed by atoms with Gasteiger partial charge in [-0.2, -0.15) is 5.10 Å². The summed E-state index contributed by atoms with van der Waals surface area (Å²) in [4.78, 5) is 11.6. The summed E-state index contributed by atoms with van der Waals surface area (Å²) in [5.41, 5.74) is 0.849. The van der Waals surface area contributed by atoms with Crippen LogP contribution in [-0.4, -0.2) is 22.5 Å². The number of rotatable bonds is 11. The molecule has 0 saturated carbocycles. The van der Waals surface area contributed by atoms with E-state index >= 15 is 0 Å². The highest BCUT2D eigenvalue weighted by molar-refractivity contribution is 5.63. The van der Waals surface area contributed by atoms with E-state index in [-0.39, 0.29) is 0 Å². The Labute approximate surface area is 134 Å². The lowest BCUT2D eigenvalue weighted by molar-refractivity contribution is 0.0942. The summed E-state index contributed by atoms with van der Waals surface area (Å²) >= 11 is 0. The predicted molar refractivity (Wildman–Crippen MR) is 87.2 cm³/mol. The van der Waals surface area contributed by atoms with Gasteiger partial charge < -0.3 is 9.47 Å². The molecule has 0 aliphatic heterocycles. The fourth-order valence-corrected chi connectivity index (χ4v) is 2.22. The predicted octanol–water partition coefficient (Wildman–Crippen LogP) is 4.87. The summed E-state index contributed by atoms with van der Waals surface area (Å²) in [6.45, 7) is 7.34. The maximum atomic E-state index is 11.6. The van der Waals surface area contributed by atoms with Crippen molar-refractivity contribution in [2.45, 2.75) is 78.7 Å². The van der Waals surface area contributed by atoms with Crippen molar-refractivity contribution < 1.29 is 14.3 Å². The van der Waals surface area contributed by atoms with E-state index in [0.717, 1.165) is 31.5 Å². The summed E-state index contributed by atoms with van der Waals surface area (Å²) in [5.74, 6) is 0.479. The molecule has 0 radical (unpaired) electrons. The van der Waals surface area contributed by atoms with Gasteiger partial charge in [0, 0.05) is 12.6 Å². The second kappa shape index (κ2) is 11.1. The highest BCUT2D eigenvalue weighted by atomic mass is 16.7. The van der Waals surface area contributed by atoms with Gasteiger partial charge in [0.05, 0.1) is 12.3 Å². The van der Waals surface area contributed by atoms with Crippen molar-refractivity contribution in [3.63, 3.8) is 0 Å². The SMILES string of the molecule is CCCCCCCCn1nc(C)cc1OC(=O)OCCCC. The van der Waals surface area contributed by atoms with Crippen LogP contribution in [-0.2, 0) is 11.3 Å². The van der Waals surface area contributed by atoms with Gasteiger partial charge >= 0.3 is 6.16 Å². The van der Waals surface area contributed by atoms with Crippen LogP contribution in [0.25, 0.3) is 0 Å². The molecule has 0 spiro atoms. The van der Waals surface area contributed by atoms with Crippen LogP contribution in [0.5, 0.6) is 5.88 Å². The zero-order valence-electron chi connectivity index (χ0n) is 14.3. The van der Waals surface area contributed by atoms with Gasteiger partial charge in [-0.05, 0) is 19.8 Å². The van der Waals surface area contributed by atoms with E-state index in [4.69, 9.17) is 9.47 Å². The highest BCUT2D eigenvalue weighted by Crippen LogP contribution is 2.16. The van der Waals surface area contributed by atoms with Crippen molar-refractivity contribution >= 4 is 6.16 Å². The number of carbonyl (C=O) groups excluding carboxylic acids is 1. The van der Waals surface area contributed by atoms with E-state index < -0.39 is 6.16 Å². The number of hydrogen-bond acceptors (Lipinski definition) is 4. The molecule has 0 aromatic carbocycles. The van der Waals surface area contributed by atoms with Crippen LogP contribution >= 0.6 is 0 Å². The summed E-state index contributed by atoms with van der Waals surface area (Å²) in [5, 5.41) is 4.38. The molecule has 5 nitrogen and oxygen atoms in total. The van der Waals surface area contributed by atoms with Crippen molar-refractivity contribution in [3.8, 4) is 5.88 Å². The Balaban J connectivity index is 2.36. The van der Waals surface area contributed by atoms with Gasteiger partial charge in [0.15, 0.2) is 0 Å². The fraction of sp³-hybridized carbons (Fsp3) is 0.765. The minimum Gasteiger partial charge on any atom is -0.434 e. The van der Waals surface area contributed by atoms with Crippen LogP contribution in [0.3, 0.4) is 0 Å². The average molecular weight is 310 g/mol. The monoisotopic (exact) mass is 310 g/mol. The molecule has 22 heavy (non-hydrogen) atoms. The first-order chi connectivity index (χ1) is 10.7. The summed E-state index contributed by atoms with van der Waals surface area (Å²) in [7, 11) is 0. The third kappa shape index (κ3) is 7.48. The molecule has 0 aliphatic rings. The third-order valence-electron chi connectivity index (χ3n) is 3.49. The van der Waals surface area contributed by atoms with Crippen molar-refractivity contribution in [3.05, 3.63) is 11.8 Å². The van der Waals surface area contributed by atoms with E-state index in [9.17, 15) is 4.79 Å². The summed E-state index contributed by atoms with van der Waals surface area (Å²) < 4.78 is 12.0. The minimum absolute atomic E-state index is 0.403. The normalized spacial score (nSPS) is 10.7. The largest absolute Gasteiger partial charge is 0.515 e. The van der Waals surface area contributed by atoms with Gasteiger partial charge in [-0.15, -0.1) is 0 Å². The molecule has 0 saturated heterocycles. The van der Waals surface area contributed by atoms with Crippen LogP contribution in [0.1, 0.15) is 70.9 Å². The molecule has 126 valence electrons. The molecule has 0 unspecified atom stereocenters. The van der Waals surface area contributed by atoms with Gasteiger partial charge in [0.2, 0.25) is 5.88 Å². The molecule has 1 rings (SSSR count). The first-order valence-electron chi connectivity index (χ1n) is 8.56. The Bertz CT molecular complexity index is 430. The second-order valence-corrected chi connectivity index (χ2v) is 5.67. The highest BCUT2D eigenvalue weighted by Gasteiger charge is 2.12. The number of hydrogen-bond donors (Lipinski definition) is 0. The summed E-state index contributed by atoms with van der Waals surface area (Å²) in [6.07, 6.45) is 8.54. The van der Waals surface area contributed by atoms with Crippen LogP contribution < -0.4 is 4.74 Å². The molecule has 0 amide bonds. The molecule has 0 atom stereocenters. The number of unbranched alkanes of at least 4 members (excludes halogenated alkanes) is 6. The molecule has 0 N–H and O–H groups in total. The van der Waals surface area contributed by atoms with Crippen LogP contribution in [0.2, 0.25) is 0 Å². The standard InChI is InChI=1S/C17H30N2O3/c1-4-6-8-9-10-11-12-19-16(14-15(3)18-19)22-17(20)21-13-7-5-2/h14H,4-13H2,1-3H3. The Morgan fingerprint density at radius 1 is 1.09 bits per heavy atom. The van der Waals surface area contributed by atoms with E-state index in [0.29, 0.717) is 12.5 Å². The van der Waals surface area contributed by atoms with Crippen LogP contribution in [0, 0.1) is 6.92 Å². The molecule has 1 heterocycles. The van der Waals surface area contributed by atoms with Crippen molar-refractivity contribution in [2.24, 2.45) is 0 Å².